The Kier molecular flexibility index (Phi) is 6.75. The van der Waals surface area contributed by atoms with Gasteiger partial charge in [-0.2, -0.15) is 0 Å². The molecule has 2 aromatic heterocycles. The molecule has 0 spiro atoms. The van der Waals surface area contributed by atoms with E-state index in [0.717, 1.165) is 61.1 Å². The SMILES string of the molecule is CCc1cc2c(cc3n2CC(C)(C(=O)NC2CCC(C)CC2)N(CCCc2ccccc2)C3=O)s1. The third-order valence-electron chi connectivity index (χ3n) is 8.05. The zero-order valence-corrected chi connectivity index (χ0v) is 22.0. The highest BCUT2D eigenvalue weighted by Crippen LogP contribution is 2.36. The second-order valence-electron chi connectivity index (χ2n) is 10.7. The topological polar surface area (TPSA) is 54.3 Å². The molecule has 1 aromatic carbocycles. The first-order valence-corrected chi connectivity index (χ1v) is 14.0. The maximum atomic E-state index is 13.9. The molecule has 5 rings (SSSR count). The number of hydrogen-bond donors (Lipinski definition) is 1. The average Bonchev–Trinajstić information content (AvgIpc) is 3.42. The van der Waals surface area contributed by atoms with Crippen LogP contribution in [0.3, 0.4) is 0 Å². The molecule has 1 unspecified atom stereocenters. The van der Waals surface area contributed by atoms with Gasteiger partial charge in [-0.1, -0.05) is 44.2 Å². The molecule has 3 heterocycles. The monoisotopic (exact) mass is 491 g/mol. The van der Waals surface area contributed by atoms with E-state index in [1.807, 2.05) is 36.1 Å². The molecule has 1 aliphatic carbocycles. The Balaban J connectivity index is 1.43. The Morgan fingerprint density at radius 1 is 1.14 bits per heavy atom. The lowest BCUT2D eigenvalue weighted by atomic mass is 9.86. The number of amides is 2. The minimum Gasteiger partial charge on any atom is -0.351 e. The highest BCUT2D eigenvalue weighted by atomic mass is 32.1. The molecule has 1 atom stereocenters. The van der Waals surface area contributed by atoms with E-state index < -0.39 is 5.54 Å². The van der Waals surface area contributed by atoms with Gasteiger partial charge in [0.25, 0.3) is 5.91 Å². The fraction of sp³-hybridized carbons (Fsp3) is 0.517. The van der Waals surface area contributed by atoms with E-state index in [-0.39, 0.29) is 17.9 Å². The summed E-state index contributed by atoms with van der Waals surface area (Å²) in [7, 11) is 0. The molecule has 6 heteroatoms. The largest absolute Gasteiger partial charge is 0.351 e. The number of carbonyl (C=O) groups is 2. The second-order valence-corrected chi connectivity index (χ2v) is 11.8. The van der Waals surface area contributed by atoms with Crippen LogP contribution in [0.25, 0.3) is 10.2 Å². The molecule has 186 valence electrons. The number of fused-ring (bicyclic) bond motifs is 3. The summed E-state index contributed by atoms with van der Waals surface area (Å²) in [6, 6.07) is 14.8. The number of rotatable bonds is 7. The number of nitrogens with one attached hydrogen (secondary N) is 1. The molecular formula is C29H37N3O2S. The summed E-state index contributed by atoms with van der Waals surface area (Å²) in [6.07, 6.45) is 7.04. The van der Waals surface area contributed by atoms with E-state index in [1.165, 1.54) is 10.4 Å². The van der Waals surface area contributed by atoms with Crippen molar-refractivity contribution in [1.82, 2.24) is 14.8 Å². The number of hydrogen-bond acceptors (Lipinski definition) is 3. The van der Waals surface area contributed by atoms with Crippen molar-refractivity contribution in [2.45, 2.75) is 83.8 Å². The Morgan fingerprint density at radius 2 is 1.89 bits per heavy atom. The van der Waals surface area contributed by atoms with Gasteiger partial charge in [-0.25, -0.2) is 0 Å². The lowest BCUT2D eigenvalue weighted by Gasteiger charge is -2.45. The van der Waals surface area contributed by atoms with Crippen molar-refractivity contribution in [3.8, 4) is 0 Å². The Bertz CT molecular complexity index is 1210. The molecule has 0 radical (unpaired) electrons. The minimum absolute atomic E-state index is 0.0106. The fourth-order valence-electron chi connectivity index (χ4n) is 5.74. The molecule has 5 nitrogen and oxygen atoms in total. The van der Waals surface area contributed by atoms with Crippen LogP contribution in [0.5, 0.6) is 0 Å². The third kappa shape index (κ3) is 4.65. The van der Waals surface area contributed by atoms with Gasteiger partial charge in [-0.15, -0.1) is 11.3 Å². The molecule has 1 saturated carbocycles. The summed E-state index contributed by atoms with van der Waals surface area (Å²) >= 11 is 1.75. The molecule has 1 N–H and O–H groups in total. The number of aromatic nitrogens is 1. The Hall–Kier alpha value is -2.60. The molecule has 1 fully saturated rings. The van der Waals surface area contributed by atoms with Crippen LogP contribution in [0.2, 0.25) is 0 Å². The van der Waals surface area contributed by atoms with E-state index in [1.54, 1.807) is 11.3 Å². The molecule has 3 aromatic rings. The first-order valence-electron chi connectivity index (χ1n) is 13.2. The molecule has 2 amide bonds. The van der Waals surface area contributed by atoms with Crippen LogP contribution in [0.1, 0.15) is 73.8 Å². The van der Waals surface area contributed by atoms with Crippen LogP contribution in [-0.4, -0.2) is 39.4 Å². The lowest BCUT2D eigenvalue weighted by Crippen LogP contribution is -2.65. The van der Waals surface area contributed by atoms with E-state index in [2.05, 4.69) is 41.9 Å². The van der Waals surface area contributed by atoms with Crippen LogP contribution < -0.4 is 5.32 Å². The summed E-state index contributed by atoms with van der Waals surface area (Å²) < 4.78 is 3.24. The normalized spacial score (nSPS) is 24.5. The number of nitrogens with zero attached hydrogens (tertiary/aromatic N) is 2. The molecule has 0 saturated heterocycles. The summed E-state index contributed by atoms with van der Waals surface area (Å²) in [5, 5.41) is 3.35. The van der Waals surface area contributed by atoms with Gasteiger partial charge >= 0.3 is 0 Å². The quantitative estimate of drug-likeness (QED) is 0.454. The zero-order chi connectivity index (χ0) is 24.6. The molecule has 0 bridgehead atoms. The van der Waals surface area contributed by atoms with Crippen molar-refractivity contribution >= 4 is 33.4 Å². The van der Waals surface area contributed by atoms with Gasteiger partial charge in [0.1, 0.15) is 11.2 Å². The lowest BCUT2D eigenvalue weighted by molar-refractivity contribution is -0.133. The first kappa shape index (κ1) is 24.1. The molecule has 1 aliphatic heterocycles. The maximum absolute atomic E-state index is 13.9. The van der Waals surface area contributed by atoms with Crippen LogP contribution in [-0.2, 0) is 24.2 Å². The van der Waals surface area contributed by atoms with Gasteiger partial charge < -0.3 is 14.8 Å². The van der Waals surface area contributed by atoms with E-state index in [9.17, 15) is 9.59 Å². The van der Waals surface area contributed by atoms with E-state index in [0.29, 0.717) is 18.8 Å². The van der Waals surface area contributed by atoms with Crippen molar-refractivity contribution in [2.24, 2.45) is 5.92 Å². The summed E-state index contributed by atoms with van der Waals surface area (Å²) in [4.78, 5) is 30.9. The third-order valence-corrected chi connectivity index (χ3v) is 9.26. The first-order chi connectivity index (χ1) is 16.9. The van der Waals surface area contributed by atoms with Gasteiger partial charge in [0, 0.05) is 17.5 Å². The van der Waals surface area contributed by atoms with Crippen molar-refractivity contribution < 1.29 is 9.59 Å². The highest BCUT2D eigenvalue weighted by molar-refractivity contribution is 7.19. The Morgan fingerprint density at radius 3 is 2.60 bits per heavy atom. The number of carbonyl (C=O) groups excluding carboxylic acids is 2. The van der Waals surface area contributed by atoms with Crippen molar-refractivity contribution in [3.63, 3.8) is 0 Å². The predicted molar refractivity (Wildman–Crippen MR) is 143 cm³/mol. The molecular weight excluding hydrogens is 454 g/mol. The van der Waals surface area contributed by atoms with Crippen molar-refractivity contribution in [1.29, 1.82) is 0 Å². The van der Waals surface area contributed by atoms with Gasteiger partial charge in [-0.3, -0.25) is 9.59 Å². The van der Waals surface area contributed by atoms with Crippen LogP contribution in [0.15, 0.2) is 42.5 Å². The van der Waals surface area contributed by atoms with Gasteiger partial charge in [-0.05, 0) is 75.5 Å². The number of thiophene rings is 1. The Labute approximate surface area is 212 Å². The minimum atomic E-state index is -0.913. The highest BCUT2D eigenvalue weighted by Gasteiger charge is 2.48. The predicted octanol–water partition coefficient (Wildman–Crippen LogP) is 5.81. The molecule has 35 heavy (non-hydrogen) atoms. The van der Waals surface area contributed by atoms with Crippen molar-refractivity contribution in [3.05, 3.63) is 58.6 Å². The standard InChI is InChI=1S/C29H37N3O2S/c1-4-23-17-24-26(35-23)18-25-27(33)32(16-8-11-21-9-6-5-7-10-21)29(3,19-31(24)25)28(34)30-22-14-12-20(2)13-15-22/h5-7,9-10,17-18,20,22H,4,8,11-16,19H2,1-3H3,(H,30,34). The number of aryl methyl sites for hydroxylation is 2. The summed E-state index contributed by atoms with van der Waals surface area (Å²) in [5.41, 5.74) is 2.15. The van der Waals surface area contributed by atoms with Gasteiger partial charge in [0.15, 0.2) is 0 Å². The van der Waals surface area contributed by atoms with Crippen LogP contribution in [0, 0.1) is 5.92 Å². The van der Waals surface area contributed by atoms with Crippen LogP contribution in [0.4, 0.5) is 0 Å². The zero-order valence-electron chi connectivity index (χ0n) is 21.2. The fourth-order valence-corrected chi connectivity index (χ4v) is 6.79. The van der Waals surface area contributed by atoms with Gasteiger partial charge in [0.05, 0.1) is 16.8 Å². The van der Waals surface area contributed by atoms with Crippen molar-refractivity contribution in [2.75, 3.05) is 6.54 Å². The average molecular weight is 492 g/mol. The smallest absolute Gasteiger partial charge is 0.271 e. The van der Waals surface area contributed by atoms with E-state index >= 15 is 0 Å². The van der Waals surface area contributed by atoms with E-state index in [4.69, 9.17) is 0 Å². The maximum Gasteiger partial charge on any atom is 0.271 e. The summed E-state index contributed by atoms with van der Waals surface area (Å²) in [5.74, 6) is 0.691. The second kappa shape index (κ2) is 9.81. The van der Waals surface area contributed by atoms with Gasteiger partial charge in [0.2, 0.25) is 5.91 Å². The summed E-state index contributed by atoms with van der Waals surface area (Å²) in [6.45, 7) is 7.48. The molecule has 2 aliphatic rings. The van der Waals surface area contributed by atoms with Crippen LogP contribution >= 0.6 is 11.3 Å². The number of benzene rings is 1.